The van der Waals surface area contributed by atoms with Crippen LogP contribution in [0.15, 0.2) is 22.8 Å². The molecule has 2 aromatic rings. The van der Waals surface area contributed by atoms with E-state index < -0.39 is 0 Å². The van der Waals surface area contributed by atoms with Crippen LogP contribution in [-0.2, 0) is 13.0 Å². The van der Waals surface area contributed by atoms with Gasteiger partial charge in [-0.05, 0) is 25.6 Å². The Morgan fingerprint density at radius 1 is 1.61 bits per heavy atom. The predicted octanol–water partition coefficient (Wildman–Crippen LogP) is 1.48. The highest BCUT2D eigenvalue weighted by molar-refractivity contribution is 7.11. The van der Waals surface area contributed by atoms with Crippen molar-refractivity contribution in [3.05, 3.63) is 39.7 Å². The zero-order chi connectivity index (χ0) is 13.0. The maximum atomic E-state index is 11.9. The second-order valence-electron chi connectivity index (χ2n) is 3.81. The van der Waals surface area contributed by atoms with Gasteiger partial charge in [-0.25, -0.2) is 4.98 Å². The minimum atomic E-state index is -0.177. The summed E-state index contributed by atoms with van der Waals surface area (Å²) in [6, 6.07) is 3.60. The molecule has 1 amide bonds. The lowest BCUT2D eigenvalue weighted by molar-refractivity contribution is 0.0943. The molecule has 0 saturated carbocycles. The Labute approximate surface area is 109 Å². The molecule has 0 aliphatic heterocycles. The number of furan rings is 1. The van der Waals surface area contributed by atoms with Crippen molar-refractivity contribution < 1.29 is 9.21 Å². The first kappa shape index (κ1) is 12.8. The zero-order valence-electron chi connectivity index (χ0n) is 10.1. The maximum Gasteiger partial charge on any atom is 0.271 e. The zero-order valence-corrected chi connectivity index (χ0v) is 10.9. The first-order valence-electron chi connectivity index (χ1n) is 5.67. The van der Waals surface area contributed by atoms with E-state index in [1.807, 2.05) is 13.0 Å². The predicted molar refractivity (Wildman–Crippen MR) is 69.5 cm³/mol. The molecule has 5 nitrogen and oxygen atoms in total. The number of thiazole rings is 1. The van der Waals surface area contributed by atoms with Gasteiger partial charge >= 0.3 is 0 Å². The number of amides is 1. The molecule has 2 heterocycles. The van der Waals surface area contributed by atoms with Crippen LogP contribution in [0.3, 0.4) is 0 Å². The van der Waals surface area contributed by atoms with Gasteiger partial charge in [0.25, 0.3) is 5.91 Å². The quantitative estimate of drug-likeness (QED) is 0.858. The Balaban J connectivity index is 2.00. The van der Waals surface area contributed by atoms with Gasteiger partial charge in [0.15, 0.2) is 0 Å². The second kappa shape index (κ2) is 5.79. The summed E-state index contributed by atoms with van der Waals surface area (Å²) < 4.78 is 5.14. The van der Waals surface area contributed by atoms with E-state index >= 15 is 0 Å². The third-order valence-corrected chi connectivity index (χ3v) is 3.45. The molecule has 0 unspecified atom stereocenters. The molecule has 0 saturated heterocycles. The Morgan fingerprint density at radius 2 is 2.44 bits per heavy atom. The number of rotatable bonds is 5. The van der Waals surface area contributed by atoms with Crippen molar-refractivity contribution >= 4 is 17.2 Å². The molecular formula is C12H15N3O2S. The fourth-order valence-electron chi connectivity index (χ4n) is 1.56. The smallest absolute Gasteiger partial charge is 0.271 e. The summed E-state index contributed by atoms with van der Waals surface area (Å²) in [5.41, 5.74) is 5.95. The van der Waals surface area contributed by atoms with Crippen LogP contribution >= 0.6 is 11.3 Å². The van der Waals surface area contributed by atoms with Crippen molar-refractivity contribution in [2.45, 2.75) is 19.9 Å². The van der Waals surface area contributed by atoms with Crippen LogP contribution < -0.4 is 11.1 Å². The van der Waals surface area contributed by atoms with Crippen LogP contribution in [0.2, 0.25) is 0 Å². The number of carbonyl (C=O) groups is 1. The van der Waals surface area contributed by atoms with E-state index in [0.29, 0.717) is 25.2 Å². The van der Waals surface area contributed by atoms with Crippen LogP contribution in [-0.4, -0.2) is 17.4 Å². The fraction of sp³-hybridized carbons (Fsp3) is 0.333. The van der Waals surface area contributed by atoms with Crippen molar-refractivity contribution in [3.63, 3.8) is 0 Å². The first-order chi connectivity index (χ1) is 8.70. The van der Waals surface area contributed by atoms with Gasteiger partial charge in [0.2, 0.25) is 0 Å². The summed E-state index contributed by atoms with van der Waals surface area (Å²) in [6.07, 6.45) is 2.28. The summed E-state index contributed by atoms with van der Waals surface area (Å²) in [5.74, 6) is 0.543. The van der Waals surface area contributed by atoms with Crippen LogP contribution in [0.5, 0.6) is 0 Å². The average Bonchev–Trinajstić information content (AvgIpc) is 2.96. The molecule has 0 spiro atoms. The number of aromatic nitrogens is 1. The summed E-state index contributed by atoms with van der Waals surface area (Å²) in [6.45, 7) is 2.80. The fourth-order valence-corrected chi connectivity index (χ4v) is 2.50. The molecule has 0 aliphatic rings. The lowest BCUT2D eigenvalue weighted by Crippen LogP contribution is -2.23. The van der Waals surface area contributed by atoms with E-state index in [2.05, 4.69) is 10.3 Å². The van der Waals surface area contributed by atoms with E-state index in [9.17, 15) is 4.79 Å². The highest BCUT2D eigenvalue weighted by Crippen LogP contribution is 2.17. The van der Waals surface area contributed by atoms with Crippen molar-refractivity contribution in [1.82, 2.24) is 10.3 Å². The normalized spacial score (nSPS) is 10.6. The van der Waals surface area contributed by atoms with Crippen LogP contribution in [0.4, 0.5) is 0 Å². The number of aryl methyl sites for hydroxylation is 1. The number of hydrogen-bond acceptors (Lipinski definition) is 5. The number of nitrogens with two attached hydrogens (primary N) is 1. The molecular weight excluding hydrogens is 250 g/mol. The Hall–Kier alpha value is -1.66. The van der Waals surface area contributed by atoms with E-state index in [-0.39, 0.29) is 5.91 Å². The molecule has 0 fully saturated rings. The standard InChI is InChI=1S/C12H15N3O2S/c1-8-11(15-10(18-8)4-5-13)12(16)14-7-9-3-2-6-17-9/h2-3,6H,4-5,7,13H2,1H3,(H,14,16). The van der Waals surface area contributed by atoms with E-state index in [1.54, 1.807) is 12.3 Å². The maximum absolute atomic E-state index is 11.9. The average molecular weight is 265 g/mol. The minimum Gasteiger partial charge on any atom is -0.467 e. The van der Waals surface area contributed by atoms with Gasteiger partial charge in [-0.2, -0.15) is 0 Å². The van der Waals surface area contributed by atoms with E-state index in [0.717, 1.165) is 15.6 Å². The van der Waals surface area contributed by atoms with Crippen LogP contribution in [0.1, 0.15) is 26.1 Å². The molecule has 0 radical (unpaired) electrons. The lowest BCUT2D eigenvalue weighted by atomic mass is 10.3. The van der Waals surface area contributed by atoms with Gasteiger partial charge in [-0.3, -0.25) is 4.79 Å². The highest BCUT2D eigenvalue weighted by atomic mass is 32.1. The number of hydrogen-bond donors (Lipinski definition) is 2. The highest BCUT2D eigenvalue weighted by Gasteiger charge is 2.15. The third-order valence-electron chi connectivity index (χ3n) is 2.42. The topological polar surface area (TPSA) is 81.1 Å². The van der Waals surface area contributed by atoms with E-state index in [1.165, 1.54) is 11.3 Å². The van der Waals surface area contributed by atoms with Crippen molar-refractivity contribution in [2.75, 3.05) is 6.54 Å². The van der Waals surface area contributed by atoms with Gasteiger partial charge in [-0.1, -0.05) is 0 Å². The van der Waals surface area contributed by atoms with Gasteiger partial charge in [0, 0.05) is 11.3 Å². The lowest BCUT2D eigenvalue weighted by Gasteiger charge is -2.01. The molecule has 0 aromatic carbocycles. The molecule has 0 atom stereocenters. The summed E-state index contributed by atoms with van der Waals surface area (Å²) >= 11 is 1.52. The molecule has 0 bridgehead atoms. The van der Waals surface area contributed by atoms with Gasteiger partial charge < -0.3 is 15.5 Å². The van der Waals surface area contributed by atoms with Crippen LogP contribution in [0, 0.1) is 6.92 Å². The van der Waals surface area contributed by atoms with E-state index in [4.69, 9.17) is 10.2 Å². The molecule has 2 rings (SSSR count). The van der Waals surface area contributed by atoms with Gasteiger partial charge in [0.1, 0.15) is 11.5 Å². The van der Waals surface area contributed by atoms with Gasteiger partial charge in [0.05, 0.1) is 17.8 Å². The Bertz CT molecular complexity index is 519. The molecule has 18 heavy (non-hydrogen) atoms. The third kappa shape index (κ3) is 2.96. The molecule has 3 N–H and O–H groups in total. The molecule has 0 aliphatic carbocycles. The van der Waals surface area contributed by atoms with Crippen molar-refractivity contribution in [2.24, 2.45) is 5.73 Å². The molecule has 6 heteroatoms. The molecule has 96 valence electrons. The largest absolute Gasteiger partial charge is 0.467 e. The summed E-state index contributed by atoms with van der Waals surface area (Å²) in [4.78, 5) is 17.1. The monoisotopic (exact) mass is 265 g/mol. The SMILES string of the molecule is Cc1sc(CCN)nc1C(=O)NCc1ccco1. The number of carbonyl (C=O) groups excluding carboxylic acids is 1. The molecule has 2 aromatic heterocycles. The Kier molecular flexibility index (Phi) is 4.11. The minimum absolute atomic E-state index is 0.177. The summed E-state index contributed by atoms with van der Waals surface area (Å²) in [5, 5.41) is 3.68. The van der Waals surface area contributed by atoms with Crippen molar-refractivity contribution in [3.8, 4) is 0 Å². The first-order valence-corrected chi connectivity index (χ1v) is 6.49. The number of nitrogens with one attached hydrogen (secondary N) is 1. The van der Waals surface area contributed by atoms with Gasteiger partial charge in [-0.15, -0.1) is 11.3 Å². The van der Waals surface area contributed by atoms with Crippen LogP contribution in [0.25, 0.3) is 0 Å². The number of nitrogens with zero attached hydrogens (tertiary/aromatic N) is 1. The van der Waals surface area contributed by atoms with Crippen molar-refractivity contribution in [1.29, 1.82) is 0 Å². The summed E-state index contributed by atoms with van der Waals surface area (Å²) in [7, 11) is 0. The second-order valence-corrected chi connectivity index (χ2v) is 5.10. The Morgan fingerprint density at radius 3 is 3.11 bits per heavy atom.